The fourth-order valence-corrected chi connectivity index (χ4v) is 4.00. The van der Waals surface area contributed by atoms with Gasteiger partial charge in [-0.15, -0.1) is 0 Å². The SMILES string of the molecule is CCSC1CCCC1NC(=O)N(CCC(=O)O)C1CC1. The summed E-state index contributed by atoms with van der Waals surface area (Å²) in [7, 11) is 0. The standard InChI is InChI=1S/C14H24N2O3S/c1-2-20-12-5-3-4-11(12)15-14(19)16(10-6-7-10)9-8-13(17)18/h10-12H,2-9H2,1H3,(H,15,19)(H,17,18). The number of amides is 2. The summed E-state index contributed by atoms with van der Waals surface area (Å²) in [5.41, 5.74) is 0. The highest BCUT2D eigenvalue weighted by molar-refractivity contribution is 7.99. The van der Waals surface area contributed by atoms with Gasteiger partial charge in [0.25, 0.3) is 0 Å². The van der Waals surface area contributed by atoms with Crippen molar-refractivity contribution in [3.8, 4) is 0 Å². The molecular weight excluding hydrogens is 276 g/mol. The molecule has 0 bridgehead atoms. The predicted molar refractivity (Wildman–Crippen MR) is 80.1 cm³/mol. The molecular formula is C14H24N2O3S. The molecule has 114 valence electrons. The molecule has 5 nitrogen and oxygen atoms in total. The number of carboxylic acids is 1. The second-order valence-electron chi connectivity index (χ2n) is 5.55. The first-order valence-electron chi connectivity index (χ1n) is 7.52. The first-order chi connectivity index (χ1) is 9.61. The van der Waals surface area contributed by atoms with Crippen LogP contribution in [0.3, 0.4) is 0 Å². The van der Waals surface area contributed by atoms with Crippen molar-refractivity contribution in [1.82, 2.24) is 10.2 Å². The van der Waals surface area contributed by atoms with Gasteiger partial charge in [0.15, 0.2) is 0 Å². The fraction of sp³-hybridized carbons (Fsp3) is 0.857. The van der Waals surface area contributed by atoms with Crippen LogP contribution in [0.1, 0.15) is 45.4 Å². The van der Waals surface area contributed by atoms with Crippen LogP contribution in [0.2, 0.25) is 0 Å². The van der Waals surface area contributed by atoms with E-state index in [9.17, 15) is 9.59 Å². The van der Waals surface area contributed by atoms with E-state index in [1.165, 1.54) is 12.8 Å². The summed E-state index contributed by atoms with van der Waals surface area (Å²) in [6.45, 7) is 2.47. The van der Waals surface area contributed by atoms with E-state index in [4.69, 9.17) is 5.11 Å². The Balaban J connectivity index is 1.85. The van der Waals surface area contributed by atoms with Gasteiger partial charge in [-0.1, -0.05) is 13.3 Å². The Labute approximate surface area is 124 Å². The van der Waals surface area contributed by atoms with Gasteiger partial charge in [-0.05, 0) is 31.4 Å². The van der Waals surface area contributed by atoms with E-state index in [0.717, 1.165) is 25.0 Å². The lowest BCUT2D eigenvalue weighted by Gasteiger charge is -2.27. The zero-order valence-corrected chi connectivity index (χ0v) is 12.8. The van der Waals surface area contributed by atoms with Gasteiger partial charge in [0.2, 0.25) is 0 Å². The molecule has 2 aliphatic rings. The van der Waals surface area contributed by atoms with Crippen LogP contribution in [0.4, 0.5) is 4.79 Å². The minimum absolute atomic E-state index is 0.0295. The quantitative estimate of drug-likeness (QED) is 0.757. The molecule has 0 aromatic heterocycles. The second-order valence-corrected chi connectivity index (χ2v) is 7.07. The number of carbonyl (C=O) groups excluding carboxylic acids is 1. The number of rotatable bonds is 7. The van der Waals surface area contributed by atoms with Gasteiger partial charge in [-0.25, -0.2) is 4.79 Å². The molecule has 20 heavy (non-hydrogen) atoms. The van der Waals surface area contributed by atoms with E-state index < -0.39 is 5.97 Å². The number of nitrogens with one attached hydrogen (secondary N) is 1. The lowest BCUT2D eigenvalue weighted by atomic mass is 10.2. The predicted octanol–water partition coefficient (Wildman–Crippen LogP) is 2.31. The van der Waals surface area contributed by atoms with Gasteiger partial charge in [-0.3, -0.25) is 4.79 Å². The maximum Gasteiger partial charge on any atom is 0.317 e. The molecule has 2 aliphatic carbocycles. The third kappa shape index (κ3) is 4.30. The molecule has 2 atom stereocenters. The molecule has 0 heterocycles. The van der Waals surface area contributed by atoms with Gasteiger partial charge in [0, 0.05) is 23.9 Å². The van der Waals surface area contributed by atoms with Crippen LogP contribution in [0.5, 0.6) is 0 Å². The van der Waals surface area contributed by atoms with Gasteiger partial charge >= 0.3 is 12.0 Å². The van der Waals surface area contributed by atoms with Crippen LogP contribution in [-0.2, 0) is 4.79 Å². The topological polar surface area (TPSA) is 69.6 Å². The molecule has 2 amide bonds. The van der Waals surface area contributed by atoms with Crippen LogP contribution in [0.15, 0.2) is 0 Å². The molecule has 6 heteroatoms. The van der Waals surface area contributed by atoms with E-state index in [1.807, 2.05) is 11.8 Å². The minimum atomic E-state index is -0.844. The smallest absolute Gasteiger partial charge is 0.317 e. The Morgan fingerprint density at radius 2 is 2.05 bits per heavy atom. The van der Waals surface area contributed by atoms with Crippen molar-refractivity contribution in [2.45, 2.75) is 62.8 Å². The third-order valence-corrected chi connectivity index (χ3v) is 5.28. The maximum absolute atomic E-state index is 12.4. The molecule has 2 unspecified atom stereocenters. The Kier molecular flexibility index (Phi) is 5.57. The van der Waals surface area contributed by atoms with Gasteiger partial charge in [-0.2, -0.15) is 11.8 Å². The van der Waals surface area contributed by atoms with E-state index >= 15 is 0 Å². The lowest BCUT2D eigenvalue weighted by Crippen LogP contribution is -2.48. The number of carbonyl (C=O) groups is 2. The number of nitrogens with zero attached hydrogens (tertiary/aromatic N) is 1. The van der Waals surface area contributed by atoms with Crippen LogP contribution >= 0.6 is 11.8 Å². The maximum atomic E-state index is 12.4. The van der Waals surface area contributed by atoms with Crippen molar-refractivity contribution in [1.29, 1.82) is 0 Å². The van der Waals surface area contributed by atoms with E-state index in [1.54, 1.807) is 4.90 Å². The average Bonchev–Trinajstić information content (AvgIpc) is 3.13. The molecule has 2 saturated carbocycles. The number of urea groups is 1. The second kappa shape index (κ2) is 7.20. The van der Waals surface area contributed by atoms with Crippen molar-refractivity contribution in [3.63, 3.8) is 0 Å². The number of hydrogen-bond acceptors (Lipinski definition) is 3. The summed E-state index contributed by atoms with van der Waals surface area (Å²) < 4.78 is 0. The van der Waals surface area contributed by atoms with Gasteiger partial charge in [0.05, 0.1) is 6.42 Å². The molecule has 0 radical (unpaired) electrons. The monoisotopic (exact) mass is 300 g/mol. The number of aliphatic carboxylic acids is 1. The highest BCUT2D eigenvalue weighted by Gasteiger charge is 2.35. The van der Waals surface area contributed by atoms with Gasteiger partial charge in [0.1, 0.15) is 0 Å². The molecule has 2 rings (SSSR count). The van der Waals surface area contributed by atoms with Crippen molar-refractivity contribution in [2.75, 3.05) is 12.3 Å². The van der Waals surface area contributed by atoms with E-state index in [-0.39, 0.29) is 24.5 Å². The molecule has 2 fully saturated rings. The zero-order chi connectivity index (χ0) is 14.5. The Morgan fingerprint density at radius 3 is 2.65 bits per heavy atom. The zero-order valence-electron chi connectivity index (χ0n) is 12.0. The van der Waals surface area contributed by atoms with Crippen molar-refractivity contribution < 1.29 is 14.7 Å². The van der Waals surface area contributed by atoms with Crippen LogP contribution < -0.4 is 5.32 Å². The Hall–Kier alpha value is -0.910. The number of hydrogen-bond donors (Lipinski definition) is 2. The molecule has 0 aliphatic heterocycles. The highest BCUT2D eigenvalue weighted by Crippen LogP contribution is 2.31. The average molecular weight is 300 g/mol. The fourth-order valence-electron chi connectivity index (χ4n) is 2.80. The summed E-state index contributed by atoms with van der Waals surface area (Å²) in [4.78, 5) is 24.8. The number of thioether (sulfide) groups is 1. The Bertz CT molecular complexity index is 360. The molecule has 2 N–H and O–H groups in total. The summed E-state index contributed by atoms with van der Waals surface area (Å²) in [5.74, 6) is 0.228. The van der Waals surface area contributed by atoms with Crippen molar-refractivity contribution in [2.24, 2.45) is 0 Å². The summed E-state index contributed by atoms with van der Waals surface area (Å²) >= 11 is 1.92. The van der Waals surface area contributed by atoms with E-state index in [0.29, 0.717) is 11.8 Å². The number of carboxylic acid groups (broad SMARTS) is 1. The minimum Gasteiger partial charge on any atom is -0.481 e. The Morgan fingerprint density at radius 1 is 1.30 bits per heavy atom. The first-order valence-corrected chi connectivity index (χ1v) is 8.57. The lowest BCUT2D eigenvalue weighted by molar-refractivity contribution is -0.137. The van der Waals surface area contributed by atoms with Crippen LogP contribution in [0.25, 0.3) is 0 Å². The largest absolute Gasteiger partial charge is 0.481 e. The summed E-state index contributed by atoms with van der Waals surface area (Å²) in [6, 6.07) is 0.439. The first kappa shape index (κ1) is 15.5. The molecule has 0 spiro atoms. The normalized spacial score (nSPS) is 25.4. The molecule has 0 aromatic carbocycles. The third-order valence-electron chi connectivity index (χ3n) is 3.96. The van der Waals surface area contributed by atoms with Crippen LogP contribution in [0, 0.1) is 0 Å². The summed E-state index contributed by atoms with van der Waals surface area (Å²) in [6.07, 6.45) is 5.42. The van der Waals surface area contributed by atoms with Crippen molar-refractivity contribution in [3.05, 3.63) is 0 Å². The van der Waals surface area contributed by atoms with E-state index in [2.05, 4.69) is 12.2 Å². The highest BCUT2D eigenvalue weighted by atomic mass is 32.2. The summed E-state index contributed by atoms with van der Waals surface area (Å²) in [5, 5.41) is 12.4. The van der Waals surface area contributed by atoms with Gasteiger partial charge < -0.3 is 15.3 Å². The molecule has 0 aromatic rings. The van der Waals surface area contributed by atoms with Crippen molar-refractivity contribution >= 4 is 23.8 Å². The molecule has 0 saturated heterocycles. The van der Waals surface area contributed by atoms with Crippen LogP contribution in [-0.4, -0.2) is 51.6 Å².